The van der Waals surface area contributed by atoms with Gasteiger partial charge in [0.2, 0.25) is 5.91 Å². The van der Waals surface area contributed by atoms with Crippen LogP contribution in [0.4, 0.5) is 0 Å². The van der Waals surface area contributed by atoms with Crippen molar-refractivity contribution in [3.05, 3.63) is 34.9 Å². The summed E-state index contributed by atoms with van der Waals surface area (Å²) in [5.74, 6) is 0.0243. The molecule has 2 rings (SSSR count). The van der Waals surface area contributed by atoms with Crippen LogP contribution in [0.3, 0.4) is 0 Å². The highest BCUT2D eigenvalue weighted by Crippen LogP contribution is 2.13. The molecule has 0 aromatic heterocycles. The Morgan fingerprint density at radius 2 is 2.00 bits per heavy atom. The van der Waals surface area contributed by atoms with Crippen LogP contribution in [0.2, 0.25) is 5.02 Å². The van der Waals surface area contributed by atoms with Gasteiger partial charge in [-0.25, -0.2) is 5.14 Å². The zero-order chi connectivity index (χ0) is 16.2. The molecule has 8 heteroatoms. The van der Waals surface area contributed by atoms with Gasteiger partial charge < -0.3 is 4.90 Å². The van der Waals surface area contributed by atoms with E-state index in [0.717, 1.165) is 5.56 Å². The number of rotatable bonds is 4. The Labute approximate surface area is 136 Å². The Kier molecular flexibility index (Phi) is 5.80. The zero-order valence-electron chi connectivity index (χ0n) is 12.2. The average molecular weight is 346 g/mol. The third-order valence-electron chi connectivity index (χ3n) is 3.68. The second-order valence-electron chi connectivity index (χ2n) is 5.31. The van der Waals surface area contributed by atoms with Gasteiger partial charge in [0.05, 0.1) is 0 Å². The van der Waals surface area contributed by atoms with Crippen molar-refractivity contribution in [3.8, 4) is 0 Å². The van der Waals surface area contributed by atoms with Crippen molar-refractivity contribution in [1.82, 2.24) is 9.21 Å². The summed E-state index contributed by atoms with van der Waals surface area (Å²) in [7, 11) is -3.68. The van der Waals surface area contributed by atoms with Crippen LogP contribution in [0, 0.1) is 0 Å². The molecule has 1 saturated heterocycles. The van der Waals surface area contributed by atoms with Crippen LogP contribution >= 0.6 is 11.6 Å². The first-order valence-corrected chi connectivity index (χ1v) is 9.04. The fourth-order valence-electron chi connectivity index (χ4n) is 2.50. The minimum absolute atomic E-state index is 0.0243. The van der Waals surface area contributed by atoms with Gasteiger partial charge in [-0.2, -0.15) is 12.7 Å². The quantitative estimate of drug-likeness (QED) is 0.884. The maximum absolute atomic E-state index is 12.3. The SMILES string of the molecule is NS(=O)(=O)N1CCCN(C(=O)CCc2cccc(Cl)c2)CC1. The second kappa shape index (κ2) is 7.41. The second-order valence-corrected chi connectivity index (χ2v) is 7.29. The van der Waals surface area contributed by atoms with E-state index in [4.69, 9.17) is 16.7 Å². The largest absolute Gasteiger partial charge is 0.341 e. The van der Waals surface area contributed by atoms with Crippen LogP contribution < -0.4 is 5.14 Å². The molecule has 1 aromatic carbocycles. The first-order valence-electron chi connectivity index (χ1n) is 7.16. The fraction of sp³-hybridized carbons (Fsp3) is 0.500. The Hall–Kier alpha value is -1.15. The van der Waals surface area contributed by atoms with Gasteiger partial charge in [0.1, 0.15) is 0 Å². The van der Waals surface area contributed by atoms with Crippen molar-refractivity contribution in [2.24, 2.45) is 5.14 Å². The highest BCUT2D eigenvalue weighted by Gasteiger charge is 2.23. The van der Waals surface area contributed by atoms with E-state index in [-0.39, 0.29) is 12.5 Å². The predicted octanol–water partition coefficient (Wildman–Crippen LogP) is 1.01. The van der Waals surface area contributed by atoms with Gasteiger partial charge in [0.25, 0.3) is 10.2 Å². The van der Waals surface area contributed by atoms with E-state index in [0.29, 0.717) is 43.9 Å². The van der Waals surface area contributed by atoms with E-state index >= 15 is 0 Å². The number of amides is 1. The van der Waals surface area contributed by atoms with Crippen LogP contribution in [0.15, 0.2) is 24.3 Å². The number of nitrogens with two attached hydrogens (primary N) is 1. The highest BCUT2D eigenvalue weighted by atomic mass is 35.5. The molecule has 0 saturated carbocycles. The molecule has 122 valence electrons. The van der Waals surface area contributed by atoms with Crippen LogP contribution in [-0.4, -0.2) is 49.7 Å². The summed E-state index contributed by atoms with van der Waals surface area (Å²) in [6.45, 7) is 1.55. The topological polar surface area (TPSA) is 83.7 Å². The van der Waals surface area contributed by atoms with Crippen LogP contribution in [0.1, 0.15) is 18.4 Å². The molecule has 22 heavy (non-hydrogen) atoms. The van der Waals surface area contributed by atoms with Crippen LogP contribution in [-0.2, 0) is 21.4 Å². The van der Waals surface area contributed by atoms with Crippen LogP contribution in [0.25, 0.3) is 0 Å². The van der Waals surface area contributed by atoms with E-state index < -0.39 is 10.2 Å². The number of benzene rings is 1. The van der Waals surface area contributed by atoms with E-state index in [2.05, 4.69) is 0 Å². The number of carbonyl (C=O) groups excluding carboxylic acids is 1. The summed E-state index contributed by atoms with van der Waals surface area (Å²) in [5, 5.41) is 5.79. The van der Waals surface area contributed by atoms with Crippen molar-refractivity contribution in [1.29, 1.82) is 0 Å². The molecule has 0 unspecified atom stereocenters. The number of nitrogens with zero attached hydrogens (tertiary/aromatic N) is 2. The fourth-order valence-corrected chi connectivity index (χ4v) is 3.43. The Bertz CT molecular complexity index is 636. The van der Waals surface area contributed by atoms with Crippen molar-refractivity contribution >= 4 is 27.7 Å². The molecule has 0 spiro atoms. The Morgan fingerprint density at radius 1 is 1.23 bits per heavy atom. The summed E-state index contributed by atoms with van der Waals surface area (Å²) in [4.78, 5) is 14.0. The van der Waals surface area contributed by atoms with Crippen molar-refractivity contribution in [2.75, 3.05) is 26.2 Å². The van der Waals surface area contributed by atoms with E-state index in [1.54, 1.807) is 11.0 Å². The maximum atomic E-state index is 12.3. The number of carbonyl (C=O) groups is 1. The summed E-state index contributed by atoms with van der Waals surface area (Å²) in [6, 6.07) is 7.44. The minimum Gasteiger partial charge on any atom is -0.341 e. The molecule has 0 bridgehead atoms. The molecule has 0 radical (unpaired) electrons. The van der Waals surface area contributed by atoms with Crippen molar-refractivity contribution < 1.29 is 13.2 Å². The molecule has 6 nitrogen and oxygen atoms in total. The van der Waals surface area contributed by atoms with Crippen LogP contribution in [0.5, 0.6) is 0 Å². The summed E-state index contributed by atoms with van der Waals surface area (Å²) in [6.07, 6.45) is 1.60. The summed E-state index contributed by atoms with van der Waals surface area (Å²) < 4.78 is 23.9. The maximum Gasteiger partial charge on any atom is 0.276 e. The monoisotopic (exact) mass is 345 g/mol. The standard InChI is InChI=1S/C14H20ClN3O3S/c15-13-4-1-3-12(11-13)5-6-14(19)17-7-2-8-18(10-9-17)22(16,20)21/h1,3-4,11H,2,5-10H2,(H2,16,20,21). The average Bonchev–Trinajstić information content (AvgIpc) is 2.70. The van der Waals surface area contributed by atoms with Gasteiger partial charge in [-0.15, -0.1) is 0 Å². The van der Waals surface area contributed by atoms with Gasteiger partial charge in [0.15, 0.2) is 0 Å². The highest BCUT2D eigenvalue weighted by molar-refractivity contribution is 7.86. The third-order valence-corrected chi connectivity index (χ3v) is 5.00. The molecule has 1 heterocycles. The lowest BCUT2D eigenvalue weighted by molar-refractivity contribution is -0.131. The van der Waals surface area contributed by atoms with Gasteiger partial charge in [-0.1, -0.05) is 23.7 Å². The molecule has 1 aliphatic rings. The molecular weight excluding hydrogens is 326 g/mol. The van der Waals surface area contributed by atoms with E-state index in [1.807, 2.05) is 18.2 Å². The predicted molar refractivity (Wildman–Crippen MR) is 85.7 cm³/mol. The molecule has 0 aliphatic carbocycles. The van der Waals surface area contributed by atoms with Gasteiger partial charge in [-0.3, -0.25) is 4.79 Å². The van der Waals surface area contributed by atoms with E-state index in [1.165, 1.54) is 4.31 Å². The lowest BCUT2D eigenvalue weighted by Crippen LogP contribution is -2.40. The van der Waals surface area contributed by atoms with Crippen molar-refractivity contribution in [3.63, 3.8) is 0 Å². The zero-order valence-corrected chi connectivity index (χ0v) is 13.8. The summed E-state index contributed by atoms with van der Waals surface area (Å²) >= 11 is 5.92. The Balaban J connectivity index is 1.88. The molecule has 2 N–H and O–H groups in total. The smallest absolute Gasteiger partial charge is 0.276 e. The van der Waals surface area contributed by atoms with Gasteiger partial charge in [0, 0.05) is 37.6 Å². The Morgan fingerprint density at radius 3 is 2.68 bits per heavy atom. The first kappa shape index (κ1) is 17.2. The molecule has 0 atom stereocenters. The molecule has 1 amide bonds. The lowest BCUT2D eigenvalue weighted by Gasteiger charge is -2.21. The van der Waals surface area contributed by atoms with E-state index in [9.17, 15) is 13.2 Å². The normalized spacial score (nSPS) is 17.3. The van der Waals surface area contributed by atoms with Gasteiger partial charge in [-0.05, 0) is 30.5 Å². The number of aryl methyl sites for hydroxylation is 1. The lowest BCUT2D eigenvalue weighted by atomic mass is 10.1. The minimum atomic E-state index is -3.68. The summed E-state index contributed by atoms with van der Waals surface area (Å²) in [5.41, 5.74) is 1.02. The molecule has 1 aliphatic heterocycles. The van der Waals surface area contributed by atoms with Gasteiger partial charge >= 0.3 is 0 Å². The molecule has 1 aromatic rings. The number of hydrogen-bond acceptors (Lipinski definition) is 3. The number of hydrogen-bond donors (Lipinski definition) is 1. The third kappa shape index (κ3) is 4.95. The van der Waals surface area contributed by atoms with Crippen molar-refractivity contribution in [2.45, 2.75) is 19.3 Å². The molecular formula is C14H20ClN3O3S. The number of halogens is 1. The first-order chi connectivity index (χ1) is 10.4. The molecule has 1 fully saturated rings.